The first-order valence-corrected chi connectivity index (χ1v) is 11.0. The van der Waals surface area contributed by atoms with E-state index in [1.165, 1.54) is 0 Å². The molecule has 1 fully saturated rings. The lowest BCUT2D eigenvalue weighted by Gasteiger charge is -2.13. The molecule has 8 heteroatoms. The third-order valence-electron chi connectivity index (χ3n) is 5.50. The second kappa shape index (κ2) is 8.09. The summed E-state index contributed by atoms with van der Waals surface area (Å²) >= 11 is 12.7. The third kappa shape index (κ3) is 3.98. The van der Waals surface area contributed by atoms with Crippen LogP contribution in [0.2, 0.25) is 10.0 Å². The predicted octanol–water partition coefficient (Wildman–Crippen LogP) is 5.78. The van der Waals surface area contributed by atoms with Crippen LogP contribution in [0.1, 0.15) is 46.8 Å². The number of rotatable bonds is 4. The summed E-state index contributed by atoms with van der Waals surface area (Å²) in [6, 6.07) is 9.17. The number of amides is 1. The first-order valence-electron chi connectivity index (χ1n) is 10.3. The van der Waals surface area contributed by atoms with Crippen molar-refractivity contribution in [3.05, 3.63) is 63.4 Å². The number of aromatic nitrogens is 2. The Bertz CT molecular complexity index is 1170. The Morgan fingerprint density at radius 3 is 2.55 bits per heavy atom. The first-order chi connectivity index (χ1) is 15.0. The van der Waals surface area contributed by atoms with Crippen molar-refractivity contribution in [2.45, 2.75) is 32.1 Å². The fourth-order valence-corrected chi connectivity index (χ4v) is 4.05. The minimum absolute atomic E-state index is 0.261. The fraction of sp³-hybridized carbons (Fsp3) is 0.304. The second-order valence-corrected chi connectivity index (χ2v) is 8.66. The molecule has 0 bridgehead atoms. The van der Waals surface area contributed by atoms with Gasteiger partial charge >= 0.3 is 0 Å². The monoisotopic (exact) mass is 457 g/mol. The Kier molecular flexibility index (Phi) is 5.28. The van der Waals surface area contributed by atoms with Crippen LogP contribution >= 0.6 is 23.2 Å². The van der Waals surface area contributed by atoms with Crippen molar-refractivity contribution in [1.29, 1.82) is 0 Å². The highest BCUT2D eigenvalue weighted by Crippen LogP contribution is 2.43. The molecule has 1 aromatic heterocycles. The highest BCUT2D eigenvalue weighted by Gasteiger charge is 2.33. The largest absolute Gasteiger partial charge is 0.490 e. The summed E-state index contributed by atoms with van der Waals surface area (Å²) in [5.74, 6) is 1.19. The molecule has 0 unspecified atom stereocenters. The molecule has 1 amide bonds. The number of carbonyl (C=O) groups excluding carboxylic acids is 1. The fourth-order valence-electron chi connectivity index (χ4n) is 3.67. The van der Waals surface area contributed by atoms with Crippen LogP contribution < -0.4 is 14.8 Å². The van der Waals surface area contributed by atoms with Gasteiger partial charge in [0, 0.05) is 29.5 Å². The third-order valence-corrected chi connectivity index (χ3v) is 6.22. The summed E-state index contributed by atoms with van der Waals surface area (Å²) in [7, 11) is 0. The van der Waals surface area contributed by atoms with Gasteiger partial charge in [0.2, 0.25) is 0 Å². The Morgan fingerprint density at radius 1 is 1.10 bits per heavy atom. The van der Waals surface area contributed by atoms with Crippen molar-refractivity contribution in [3.63, 3.8) is 0 Å². The van der Waals surface area contributed by atoms with Gasteiger partial charge in [-0.2, -0.15) is 5.10 Å². The molecule has 1 N–H and O–H groups in total. The van der Waals surface area contributed by atoms with Crippen LogP contribution in [0, 0.1) is 6.92 Å². The van der Waals surface area contributed by atoms with E-state index in [1.54, 1.807) is 18.3 Å². The van der Waals surface area contributed by atoms with Crippen molar-refractivity contribution < 1.29 is 14.3 Å². The van der Waals surface area contributed by atoms with Gasteiger partial charge < -0.3 is 14.8 Å². The molecule has 1 saturated carbocycles. The average Bonchev–Trinajstić information content (AvgIpc) is 3.53. The number of nitrogens with one attached hydrogen (secondary N) is 1. The van der Waals surface area contributed by atoms with Crippen LogP contribution in [0.3, 0.4) is 0 Å². The quantitative estimate of drug-likeness (QED) is 0.539. The molecule has 5 rings (SSSR count). The van der Waals surface area contributed by atoms with Crippen LogP contribution in [0.15, 0.2) is 36.5 Å². The first kappa shape index (κ1) is 20.2. The Balaban J connectivity index is 1.47. The van der Waals surface area contributed by atoms with E-state index in [0.717, 1.165) is 36.2 Å². The van der Waals surface area contributed by atoms with Crippen LogP contribution in [0.25, 0.3) is 5.69 Å². The molecule has 6 nitrogen and oxygen atoms in total. The molecule has 0 radical (unpaired) electrons. The van der Waals surface area contributed by atoms with Gasteiger partial charge in [0.1, 0.15) is 0 Å². The number of aryl methyl sites for hydroxylation is 1. The van der Waals surface area contributed by atoms with E-state index in [1.807, 2.05) is 29.8 Å². The van der Waals surface area contributed by atoms with Gasteiger partial charge in [0.15, 0.2) is 11.5 Å². The molecule has 160 valence electrons. The van der Waals surface area contributed by atoms with E-state index in [0.29, 0.717) is 51.9 Å². The highest BCUT2D eigenvalue weighted by molar-refractivity contribution is 6.34. The van der Waals surface area contributed by atoms with E-state index in [9.17, 15) is 4.79 Å². The molecular formula is C23H21Cl2N3O3. The number of hydrogen-bond acceptors (Lipinski definition) is 4. The number of carbonyl (C=O) groups is 1. The van der Waals surface area contributed by atoms with E-state index >= 15 is 0 Å². The number of hydrogen-bond donors (Lipinski definition) is 1. The van der Waals surface area contributed by atoms with Crippen molar-refractivity contribution in [1.82, 2.24) is 9.78 Å². The predicted molar refractivity (Wildman–Crippen MR) is 120 cm³/mol. The van der Waals surface area contributed by atoms with Gasteiger partial charge in [0.05, 0.1) is 47.1 Å². The zero-order chi connectivity index (χ0) is 21.5. The van der Waals surface area contributed by atoms with Gasteiger partial charge in [-0.3, -0.25) is 4.79 Å². The van der Waals surface area contributed by atoms with Crippen LogP contribution in [-0.2, 0) is 0 Å². The summed E-state index contributed by atoms with van der Waals surface area (Å²) in [6.45, 7) is 3.08. The van der Waals surface area contributed by atoms with Gasteiger partial charge in [-0.1, -0.05) is 29.3 Å². The van der Waals surface area contributed by atoms with Crippen LogP contribution in [0.4, 0.5) is 5.69 Å². The minimum Gasteiger partial charge on any atom is -0.490 e. The molecule has 3 aromatic rings. The summed E-state index contributed by atoms with van der Waals surface area (Å²) in [6.07, 6.45) is 4.45. The van der Waals surface area contributed by atoms with Crippen molar-refractivity contribution in [2.24, 2.45) is 0 Å². The molecule has 2 aliphatic rings. The topological polar surface area (TPSA) is 65.4 Å². The molecule has 2 aromatic carbocycles. The standard InChI is InChI=1S/C23H21Cl2N3O3/c1-13-3-6-15(9-17(13)24)28-22(14-4-5-14)16(12-26-28)23(29)27-19-11-21-20(10-18(19)25)30-7-2-8-31-21/h3,6,9-12,14H,2,4-5,7-8H2,1H3,(H,27,29). The van der Waals surface area contributed by atoms with Gasteiger partial charge in [-0.05, 0) is 37.5 Å². The van der Waals surface area contributed by atoms with Gasteiger partial charge in [-0.15, -0.1) is 0 Å². The van der Waals surface area contributed by atoms with Crippen LogP contribution in [0.5, 0.6) is 11.5 Å². The maximum Gasteiger partial charge on any atom is 0.259 e. The zero-order valence-electron chi connectivity index (χ0n) is 17.0. The smallest absolute Gasteiger partial charge is 0.259 e. The van der Waals surface area contributed by atoms with E-state index < -0.39 is 0 Å². The van der Waals surface area contributed by atoms with E-state index in [-0.39, 0.29) is 5.91 Å². The number of ether oxygens (including phenoxy) is 2. The zero-order valence-corrected chi connectivity index (χ0v) is 18.5. The van der Waals surface area contributed by atoms with E-state index in [4.69, 9.17) is 32.7 Å². The lowest BCUT2D eigenvalue weighted by molar-refractivity contribution is 0.102. The molecule has 2 heterocycles. The summed E-state index contributed by atoms with van der Waals surface area (Å²) in [4.78, 5) is 13.2. The minimum atomic E-state index is -0.261. The number of nitrogens with zero attached hydrogens (tertiary/aromatic N) is 2. The lowest BCUT2D eigenvalue weighted by Crippen LogP contribution is -2.15. The number of halogens is 2. The van der Waals surface area contributed by atoms with Crippen molar-refractivity contribution >= 4 is 34.8 Å². The van der Waals surface area contributed by atoms with Gasteiger partial charge in [-0.25, -0.2) is 4.68 Å². The Morgan fingerprint density at radius 2 is 1.84 bits per heavy atom. The lowest BCUT2D eigenvalue weighted by atomic mass is 10.1. The van der Waals surface area contributed by atoms with Crippen molar-refractivity contribution in [3.8, 4) is 17.2 Å². The van der Waals surface area contributed by atoms with Gasteiger partial charge in [0.25, 0.3) is 5.91 Å². The molecule has 0 spiro atoms. The normalized spacial score (nSPS) is 15.5. The maximum atomic E-state index is 13.2. The molecule has 1 aliphatic carbocycles. The molecular weight excluding hydrogens is 437 g/mol. The van der Waals surface area contributed by atoms with Crippen LogP contribution in [-0.4, -0.2) is 28.9 Å². The number of benzene rings is 2. The number of fused-ring (bicyclic) bond motifs is 1. The Hall–Kier alpha value is -2.70. The average molecular weight is 458 g/mol. The highest BCUT2D eigenvalue weighted by atomic mass is 35.5. The molecule has 31 heavy (non-hydrogen) atoms. The Labute approximate surface area is 190 Å². The summed E-state index contributed by atoms with van der Waals surface area (Å²) in [5, 5.41) is 8.48. The maximum absolute atomic E-state index is 13.2. The SMILES string of the molecule is Cc1ccc(-n2ncc(C(=O)Nc3cc4c(cc3Cl)OCCCO4)c2C2CC2)cc1Cl. The summed E-state index contributed by atoms with van der Waals surface area (Å²) < 4.78 is 13.2. The number of anilines is 1. The summed E-state index contributed by atoms with van der Waals surface area (Å²) in [5.41, 5.74) is 3.73. The molecule has 0 saturated heterocycles. The molecule has 0 atom stereocenters. The van der Waals surface area contributed by atoms with E-state index in [2.05, 4.69) is 10.4 Å². The molecule has 1 aliphatic heterocycles. The van der Waals surface area contributed by atoms with Crippen molar-refractivity contribution in [2.75, 3.05) is 18.5 Å². The second-order valence-electron chi connectivity index (χ2n) is 7.85.